The van der Waals surface area contributed by atoms with E-state index in [-0.39, 0.29) is 12.1 Å². The second-order valence-corrected chi connectivity index (χ2v) is 8.08. The van der Waals surface area contributed by atoms with E-state index < -0.39 is 5.60 Å². The molecule has 3 atom stereocenters. The van der Waals surface area contributed by atoms with E-state index in [9.17, 15) is 4.79 Å². The van der Waals surface area contributed by atoms with E-state index in [0.29, 0.717) is 18.1 Å². The van der Waals surface area contributed by atoms with Gasteiger partial charge in [-0.3, -0.25) is 4.98 Å². The van der Waals surface area contributed by atoms with Gasteiger partial charge < -0.3 is 15.0 Å². The third-order valence-electron chi connectivity index (χ3n) is 4.95. The normalized spacial score (nSPS) is 27.8. The second kappa shape index (κ2) is 6.71. The summed E-state index contributed by atoms with van der Waals surface area (Å²) in [6.07, 6.45) is 5.84. The molecule has 1 aromatic heterocycles. The largest absolute Gasteiger partial charge is 0.444 e. The number of hydrogen-bond acceptors (Lipinski definition) is 4. The summed E-state index contributed by atoms with van der Waals surface area (Å²) in [6, 6.07) is 7.27. The van der Waals surface area contributed by atoms with Gasteiger partial charge in [-0.2, -0.15) is 0 Å². The molecule has 2 fully saturated rings. The Kier molecular flexibility index (Phi) is 4.81. The summed E-state index contributed by atoms with van der Waals surface area (Å²) in [5.74, 6) is 0. The average Bonchev–Trinajstić information content (AvgIpc) is 2.78. The van der Waals surface area contributed by atoms with Gasteiger partial charge in [0.2, 0.25) is 0 Å². The van der Waals surface area contributed by atoms with Crippen LogP contribution in [-0.4, -0.2) is 39.7 Å². The van der Waals surface area contributed by atoms with Crippen molar-refractivity contribution < 1.29 is 9.53 Å². The summed E-state index contributed by atoms with van der Waals surface area (Å²) in [5.41, 5.74) is 0.637. The quantitative estimate of drug-likeness (QED) is 0.918. The molecule has 0 spiro atoms. The third kappa shape index (κ3) is 3.89. The first-order chi connectivity index (χ1) is 11.3. The van der Waals surface area contributed by atoms with Crippen LogP contribution in [0, 0.1) is 0 Å². The highest BCUT2D eigenvalue weighted by Crippen LogP contribution is 2.37. The number of nitrogens with zero attached hydrogens (tertiary/aromatic N) is 2. The summed E-state index contributed by atoms with van der Waals surface area (Å²) in [5, 5.41) is 3.70. The number of carbonyl (C=O) groups is 1. The fourth-order valence-corrected chi connectivity index (χ4v) is 4.00. The molecule has 0 saturated carbocycles. The van der Waals surface area contributed by atoms with Crippen LogP contribution in [-0.2, 0) is 4.74 Å². The maximum atomic E-state index is 12.5. The van der Waals surface area contributed by atoms with Gasteiger partial charge >= 0.3 is 6.09 Å². The van der Waals surface area contributed by atoms with Crippen molar-refractivity contribution in [2.24, 2.45) is 0 Å². The van der Waals surface area contributed by atoms with Crippen molar-refractivity contribution in [3.63, 3.8) is 0 Å². The fourth-order valence-electron chi connectivity index (χ4n) is 4.00. The van der Waals surface area contributed by atoms with Gasteiger partial charge in [0.05, 0.1) is 5.69 Å². The van der Waals surface area contributed by atoms with E-state index >= 15 is 0 Å². The molecule has 1 N–H and O–H groups in total. The zero-order valence-corrected chi connectivity index (χ0v) is 15.2. The third-order valence-corrected chi connectivity index (χ3v) is 4.95. The number of hydrogen-bond donors (Lipinski definition) is 1. The van der Waals surface area contributed by atoms with Crippen LogP contribution in [0.5, 0.6) is 0 Å². The Morgan fingerprint density at radius 2 is 1.96 bits per heavy atom. The lowest BCUT2D eigenvalue weighted by atomic mass is 9.96. The smallest absolute Gasteiger partial charge is 0.410 e. The van der Waals surface area contributed by atoms with E-state index in [4.69, 9.17) is 4.74 Å². The highest BCUT2D eigenvalue weighted by atomic mass is 16.6. The molecular weight excluding hydrogens is 302 g/mol. The molecular formula is C19H29N3O2. The Balaban J connectivity index is 1.60. The van der Waals surface area contributed by atoms with Gasteiger partial charge in [0.1, 0.15) is 5.60 Å². The predicted molar refractivity (Wildman–Crippen MR) is 93.7 cm³/mol. The van der Waals surface area contributed by atoms with Crippen molar-refractivity contribution in [2.45, 2.75) is 83.1 Å². The molecule has 2 bridgehead atoms. The number of rotatable bonds is 3. The summed E-state index contributed by atoms with van der Waals surface area (Å²) in [4.78, 5) is 18.9. The lowest BCUT2D eigenvalue weighted by Crippen LogP contribution is -2.52. The SMILES string of the molecule is CC(NC1CC2CCC(C1)N2C(=O)OC(C)(C)C)c1ccccn1. The minimum atomic E-state index is -0.431. The molecule has 1 aromatic rings. The molecule has 3 rings (SSSR count). The fraction of sp³-hybridized carbons (Fsp3) is 0.684. The lowest BCUT2D eigenvalue weighted by molar-refractivity contribution is 0.00433. The number of nitrogens with one attached hydrogen (secondary N) is 1. The Morgan fingerprint density at radius 1 is 1.29 bits per heavy atom. The second-order valence-electron chi connectivity index (χ2n) is 8.08. The van der Waals surface area contributed by atoms with Crippen LogP contribution >= 0.6 is 0 Å². The number of fused-ring (bicyclic) bond motifs is 2. The highest BCUT2D eigenvalue weighted by molar-refractivity contribution is 5.69. The van der Waals surface area contributed by atoms with Crippen LogP contribution in [0.25, 0.3) is 0 Å². The molecule has 5 heteroatoms. The molecule has 0 aliphatic carbocycles. The Labute approximate surface area is 144 Å². The van der Waals surface area contributed by atoms with Gasteiger partial charge in [0, 0.05) is 30.4 Å². The maximum Gasteiger partial charge on any atom is 0.410 e. The monoisotopic (exact) mass is 331 g/mol. The summed E-state index contributed by atoms with van der Waals surface area (Å²) >= 11 is 0. The first kappa shape index (κ1) is 17.2. The van der Waals surface area contributed by atoms with Gasteiger partial charge in [0.15, 0.2) is 0 Å². The zero-order chi connectivity index (χ0) is 17.3. The Bertz CT molecular complexity index is 556. The van der Waals surface area contributed by atoms with Gasteiger partial charge in [-0.1, -0.05) is 6.07 Å². The Hall–Kier alpha value is -1.62. The summed E-state index contributed by atoms with van der Waals surface area (Å²) < 4.78 is 5.60. The molecule has 132 valence electrons. The Morgan fingerprint density at radius 3 is 2.50 bits per heavy atom. The van der Waals surface area contributed by atoms with Crippen LogP contribution in [0.1, 0.15) is 65.1 Å². The molecule has 3 unspecified atom stereocenters. The minimum absolute atomic E-state index is 0.147. The van der Waals surface area contributed by atoms with Crippen LogP contribution < -0.4 is 5.32 Å². The van der Waals surface area contributed by atoms with Crippen molar-refractivity contribution in [3.05, 3.63) is 30.1 Å². The van der Waals surface area contributed by atoms with Crippen molar-refractivity contribution in [2.75, 3.05) is 0 Å². The lowest BCUT2D eigenvalue weighted by Gasteiger charge is -2.40. The average molecular weight is 331 g/mol. The van der Waals surface area contributed by atoms with E-state index in [1.807, 2.05) is 44.0 Å². The van der Waals surface area contributed by atoms with E-state index in [2.05, 4.69) is 23.3 Å². The predicted octanol–water partition coefficient (Wildman–Crippen LogP) is 3.66. The van der Waals surface area contributed by atoms with Gasteiger partial charge in [-0.05, 0) is 65.5 Å². The standard InChI is InChI=1S/C19H29N3O2/c1-13(17-7-5-6-10-20-17)21-14-11-15-8-9-16(12-14)22(15)18(23)24-19(2,3)4/h5-7,10,13-16,21H,8-9,11-12H2,1-4H3. The molecule has 0 radical (unpaired) electrons. The highest BCUT2D eigenvalue weighted by Gasteiger charge is 2.44. The van der Waals surface area contributed by atoms with Crippen molar-refractivity contribution >= 4 is 6.09 Å². The number of aromatic nitrogens is 1. The number of amides is 1. The molecule has 1 amide bonds. The van der Waals surface area contributed by atoms with Crippen molar-refractivity contribution in [1.29, 1.82) is 0 Å². The first-order valence-corrected chi connectivity index (χ1v) is 9.02. The van der Waals surface area contributed by atoms with Crippen molar-refractivity contribution in [1.82, 2.24) is 15.2 Å². The molecule has 5 nitrogen and oxygen atoms in total. The number of piperidine rings is 1. The number of carbonyl (C=O) groups excluding carboxylic acids is 1. The summed E-state index contributed by atoms with van der Waals surface area (Å²) in [7, 11) is 0. The molecule has 2 aliphatic rings. The van der Waals surface area contributed by atoms with Gasteiger partial charge in [-0.25, -0.2) is 4.79 Å². The van der Waals surface area contributed by atoms with Gasteiger partial charge in [-0.15, -0.1) is 0 Å². The van der Waals surface area contributed by atoms with Crippen molar-refractivity contribution in [3.8, 4) is 0 Å². The molecule has 3 heterocycles. The van der Waals surface area contributed by atoms with Crippen LogP contribution in [0.4, 0.5) is 4.79 Å². The minimum Gasteiger partial charge on any atom is -0.444 e. The molecule has 24 heavy (non-hydrogen) atoms. The summed E-state index contributed by atoms with van der Waals surface area (Å²) in [6.45, 7) is 7.94. The van der Waals surface area contributed by atoms with E-state index in [0.717, 1.165) is 31.4 Å². The molecule has 0 aromatic carbocycles. The molecule has 2 aliphatic heterocycles. The maximum absolute atomic E-state index is 12.5. The first-order valence-electron chi connectivity index (χ1n) is 9.02. The topological polar surface area (TPSA) is 54.5 Å². The van der Waals surface area contributed by atoms with Crippen LogP contribution in [0.3, 0.4) is 0 Å². The van der Waals surface area contributed by atoms with Crippen LogP contribution in [0.2, 0.25) is 0 Å². The van der Waals surface area contributed by atoms with Gasteiger partial charge in [0.25, 0.3) is 0 Å². The zero-order valence-electron chi connectivity index (χ0n) is 15.2. The van der Waals surface area contributed by atoms with Crippen LogP contribution in [0.15, 0.2) is 24.4 Å². The molecule has 2 saturated heterocycles. The van der Waals surface area contributed by atoms with E-state index in [1.165, 1.54) is 0 Å². The number of ether oxygens (including phenoxy) is 1. The van der Waals surface area contributed by atoms with E-state index in [1.54, 1.807) is 0 Å². The number of pyridine rings is 1.